The van der Waals surface area contributed by atoms with Crippen LogP contribution in [0.15, 0.2) is 0 Å². The van der Waals surface area contributed by atoms with Crippen LogP contribution in [0.4, 0.5) is 0 Å². The third-order valence-electron chi connectivity index (χ3n) is 5.68. The third-order valence-corrected chi connectivity index (χ3v) is 5.68. The molecule has 3 aliphatic heterocycles. The van der Waals surface area contributed by atoms with Gasteiger partial charge in [0.1, 0.15) is 11.0 Å². The number of piperidine rings is 1. The Bertz CT molecular complexity index is 446. The second-order valence-corrected chi connectivity index (χ2v) is 7.13. The minimum Gasteiger partial charge on any atom is -0.465 e. The molecule has 0 aliphatic carbocycles. The predicted octanol–water partition coefficient (Wildman–Crippen LogP) is 1.75. The van der Waals surface area contributed by atoms with Gasteiger partial charge in [0, 0.05) is 19.4 Å². The fraction of sp³-hybridized carbons (Fsp3) is 0.875. The summed E-state index contributed by atoms with van der Waals surface area (Å²) in [5.74, 6) is -0.487. The van der Waals surface area contributed by atoms with Crippen molar-refractivity contribution < 1.29 is 19.1 Å². The maximum atomic E-state index is 12.3. The average molecular weight is 295 g/mol. The van der Waals surface area contributed by atoms with Gasteiger partial charge in [-0.1, -0.05) is 6.42 Å². The molecule has 3 aliphatic rings. The lowest BCUT2D eigenvalue weighted by Crippen LogP contribution is -2.47. The van der Waals surface area contributed by atoms with Gasteiger partial charge in [-0.2, -0.15) is 0 Å². The fourth-order valence-corrected chi connectivity index (χ4v) is 3.92. The van der Waals surface area contributed by atoms with Gasteiger partial charge < -0.3 is 14.4 Å². The highest BCUT2D eigenvalue weighted by atomic mass is 16.6. The molecule has 3 unspecified atom stereocenters. The Balaban J connectivity index is 1.70. The number of nitrogens with zero attached hydrogens (tertiary/aromatic N) is 1. The number of hydrogen-bond acceptors (Lipinski definition) is 5. The van der Waals surface area contributed by atoms with Gasteiger partial charge in [0.25, 0.3) is 0 Å². The molecule has 21 heavy (non-hydrogen) atoms. The standard InChI is InChI=1S/C16H25NO4/c1-15(6-9-20-14(15)19)16(2)10-12(13(18)21-16)11-17-7-4-3-5-8-17/h12H,3-11H2,1-2H3. The molecule has 0 radical (unpaired) electrons. The molecule has 0 bridgehead atoms. The van der Waals surface area contributed by atoms with Crippen molar-refractivity contribution in [1.29, 1.82) is 0 Å². The first-order valence-corrected chi connectivity index (χ1v) is 8.07. The number of carbonyl (C=O) groups excluding carboxylic acids is 2. The lowest BCUT2D eigenvalue weighted by Gasteiger charge is -2.36. The Morgan fingerprint density at radius 2 is 1.90 bits per heavy atom. The minimum absolute atomic E-state index is 0.113. The maximum absolute atomic E-state index is 12.3. The molecular formula is C16H25NO4. The van der Waals surface area contributed by atoms with Crippen molar-refractivity contribution in [3.05, 3.63) is 0 Å². The van der Waals surface area contributed by atoms with Crippen molar-refractivity contribution >= 4 is 11.9 Å². The molecule has 0 aromatic carbocycles. The van der Waals surface area contributed by atoms with Crippen LogP contribution >= 0.6 is 0 Å². The molecule has 3 rings (SSSR count). The number of rotatable bonds is 3. The van der Waals surface area contributed by atoms with Crippen LogP contribution in [-0.4, -0.2) is 48.7 Å². The molecule has 3 saturated heterocycles. The van der Waals surface area contributed by atoms with E-state index in [9.17, 15) is 9.59 Å². The van der Waals surface area contributed by atoms with Crippen LogP contribution in [0.5, 0.6) is 0 Å². The van der Waals surface area contributed by atoms with Crippen LogP contribution in [0.1, 0.15) is 46.0 Å². The van der Waals surface area contributed by atoms with E-state index in [-0.39, 0.29) is 17.9 Å². The molecule has 0 spiro atoms. The Hall–Kier alpha value is -1.10. The van der Waals surface area contributed by atoms with Gasteiger partial charge in [-0.05, 0) is 39.8 Å². The van der Waals surface area contributed by atoms with Gasteiger partial charge >= 0.3 is 11.9 Å². The van der Waals surface area contributed by atoms with Crippen molar-refractivity contribution in [2.24, 2.45) is 11.3 Å². The molecule has 3 fully saturated rings. The van der Waals surface area contributed by atoms with E-state index in [1.165, 1.54) is 19.3 Å². The van der Waals surface area contributed by atoms with E-state index in [0.717, 1.165) is 19.6 Å². The van der Waals surface area contributed by atoms with E-state index in [2.05, 4.69) is 4.90 Å². The van der Waals surface area contributed by atoms with Gasteiger partial charge in [0.15, 0.2) is 0 Å². The van der Waals surface area contributed by atoms with E-state index in [1.54, 1.807) is 0 Å². The van der Waals surface area contributed by atoms with Crippen molar-refractivity contribution in [2.75, 3.05) is 26.2 Å². The van der Waals surface area contributed by atoms with E-state index >= 15 is 0 Å². The molecule has 0 N–H and O–H groups in total. The molecule has 0 aromatic rings. The predicted molar refractivity (Wildman–Crippen MR) is 76.6 cm³/mol. The molecule has 0 amide bonds. The summed E-state index contributed by atoms with van der Waals surface area (Å²) in [6, 6.07) is 0. The van der Waals surface area contributed by atoms with E-state index in [1.807, 2.05) is 13.8 Å². The monoisotopic (exact) mass is 295 g/mol. The maximum Gasteiger partial charge on any atom is 0.315 e. The third kappa shape index (κ3) is 2.45. The van der Waals surface area contributed by atoms with Crippen LogP contribution in [0, 0.1) is 11.3 Å². The lowest BCUT2D eigenvalue weighted by atomic mass is 9.70. The Morgan fingerprint density at radius 1 is 1.19 bits per heavy atom. The highest BCUT2D eigenvalue weighted by Crippen LogP contribution is 2.49. The summed E-state index contributed by atoms with van der Waals surface area (Å²) in [7, 11) is 0. The molecule has 5 nitrogen and oxygen atoms in total. The highest BCUT2D eigenvalue weighted by Gasteiger charge is 2.61. The number of likely N-dealkylation sites (tertiary alicyclic amines) is 1. The Morgan fingerprint density at radius 3 is 2.52 bits per heavy atom. The normalized spacial score (nSPS) is 41.1. The van der Waals surface area contributed by atoms with Gasteiger partial charge in [0.05, 0.1) is 12.5 Å². The van der Waals surface area contributed by atoms with Gasteiger partial charge in [-0.3, -0.25) is 9.59 Å². The highest BCUT2D eigenvalue weighted by molar-refractivity contribution is 5.83. The average Bonchev–Trinajstić information content (AvgIpc) is 2.94. The summed E-state index contributed by atoms with van der Waals surface area (Å²) in [5.41, 5.74) is -1.42. The molecular weight excluding hydrogens is 270 g/mol. The Labute approximate surface area is 126 Å². The number of ether oxygens (including phenoxy) is 2. The van der Waals surface area contributed by atoms with E-state index < -0.39 is 11.0 Å². The van der Waals surface area contributed by atoms with E-state index in [4.69, 9.17) is 9.47 Å². The SMILES string of the molecule is CC1(C2(C)CCOC2=O)CC(CN2CCCCC2)C(=O)O1. The van der Waals surface area contributed by atoms with Gasteiger partial charge in [0.2, 0.25) is 0 Å². The zero-order valence-corrected chi connectivity index (χ0v) is 13.0. The smallest absolute Gasteiger partial charge is 0.315 e. The first kappa shape index (κ1) is 14.8. The van der Waals surface area contributed by atoms with Crippen molar-refractivity contribution in [3.8, 4) is 0 Å². The quantitative estimate of drug-likeness (QED) is 0.742. The number of esters is 2. The second-order valence-electron chi connectivity index (χ2n) is 7.13. The lowest BCUT2D eigenvalue weighted by molar-refractivity contribution is -0.168. The number of hydrogen-bond donors (Lipinski definition) is 0. The van der Waals surface area contributed by atoms with Crippen LogP contribution in [0.2, 0.25) is 0 Å². The topological polar surface area (TPSA) is 55.8 Å². The summed E-state index contributed by atoms with van der Waals surface area (Å²) in [6.07, 6.45) is 4.96. The first-order valence-electron chi connectivity index (χ1n) is 8.07. The van der Waals surface area contributed by atoms with Crippen LogP contribution in [0.3, 0.4) is 0 Å². The molecule has 0 aromatic heterocycles. The van der Waals surface area contributed by atoms with E-state index in [0.29, 0.717) is 19.4 Å². The van der Waals surface area contributed by atoms with Crippen molar-refractivity contribution in [1.82, 2.24) is 4.90 Å². The zero-order chi connectivity index (χ0) is 15.1. The fourth-order valence-electron chi connectivity index (χ4n) is 3.92. The molecule has 3 atom stereocenters. The Kier molecular flexibility index (Phi) is 3.72. The second kappa shape index (κ2) is 5.27. The summed E-state index contributed by atoms with van der Waals surface area (Å²) in [6.45, 7) is 7.10. The first-order chi connectivity index (χ1) is 9.95. The molecule has 5 heteroatoms. The number of cyclic esters (lactones) is 2. The van der Waals surface area contributed by atoms with Gasteiger partial charge in [-0.15, -0.1) is 0 Å². The van der Waals surface area contributed by atoms with Gasteiger partial charge in [-0.25, -0.2) is 0 Å². The van der Waals surface area contributed by atoms with Crippen LogP contribution in [0.25, 0.3) is 0 Å². The molecule has 0 saturated carbocycles. The van der Waals surface area contributed by atoms with Crippen LogP contribution in [-0.2, 0) is 19.1 Å². The van der Waals surface area contributed by atoms with Crippen molar-refractivity contribution in [3.63, 3.8) is 0 Å². The largest absolute Gasteiger partial charge is 0.465 e. The summed E-state index contributed by atoms with van der Waals surface area (Å²) in [5, 5.41) is 0. The molecule has 3 heterocycles. The summed E-state index contributed by atoms with van der Waals surface area (Å²) < 4.78 is 10.8. The minimum atomic E-state index is -0.724. The number of carbonyl (C=O) groups is 2. The zero-order valence-electron chi connectivity index (χ0n) is 13.0. The van der Waals surface area contributed by atoms with Crippen LogP contribution < -0.4 is 0 Å². The molecule has 118 valence electrons. The van der Waals surface area contributed by atoms with Crippen molar-refractivity contribution in [2.45, 2.75) is 51.6 Å². The summed E-state index contributed by atoms with van der Waals surface area (Å²) >= 11 is 0. The summed E-state index contributed by atoms with van der Waals surface area (Å²) in [4.78, 5) is 26.7.